The Labute approximate surface area is 267 Å². The van der Waals surface area contributed by atoms with E-state index >= 15 is 0 Å². The summed E-state index contributed by atoms with van der Waals surface area (Å²) in [7, 11) is 1.37. The molecule has 4 fully saturated rings. The summed E-state index contributed by atoms with van der Waals surface area (Å²) in [6, 6.07) is 0. The van der Waals surface area contributed by atoms with E-state index in [4.69, 9.17) is 18.9 Å². The van der Waals surface area contributed by atoms with Crippen LogP contribution in [0, 0.1) is 29.6 Å². The van der Waals surface area contributed by atoms with Gasteiger partial charge >= 0.3 is 0 Å². The lowest BCUT2D eigenvalue weighted by molar-refractivity contribution is -0.268. The first-order chi connectivity index (χ1) is 21.8. The Kier molecular flexibility index (Phi) is 13.6. The molecule has 4 aliphatic carbocycles. The van der Waals surface area contributed by atoms with Crippen molar-refractivity contribution in [3.8, 4) is 0 Å². The number of aliphatic hydroxyl groups is 12. The van der Waals surface area contributed by atoms with Crippen molar-refractivity contribution in [1.29, 1.82) is 0 Å². The minimum Gasteiger partial charge on any atom is -0.396 e. The van der Waals surface area contributed by atoms with Crippen LogP contribution in [0.25, 0.3) is 0 Å². The van der Waals surface area contributed by atoms with E-state index in [0.717, 1.165) is 0 Å². The van der Waals surface area contributed by atoms with Gasteiger partial charge in [-0.2, -0.15) is 0 Å². The largest absolute Gasteiger partial charge is 0.396 e. The fourth-order valence-electron chi connectivity index (χ4n) is 7.70. The maximum absolute atomic E-state index is 11.5. The summed E-state index contributed by atoms with van der Waals surface area (Å²) in [5, 5.41) is 127. The van der Waals surface area contributed by atoms with Gasteiger partial charge in [-0.1, -0.05) is 6.92 Å². The standard InChI is InChI=1S/C30H54O16/c1-11-20(34)12(7-31)5-18(21(11)35)45-30-24(38)15(10-44-17-4-13(8-32)22(36)28(42)25(17)39)6-19(27(30)41)46-29-23(37)14(9-33)3-16(43-2)26(29)40/h11-42H,3-10H2,1-2H3/t11-,12?,13?,14?,15?,16+,17+,18+,19+,20-,21?,22+,23+,24+,25?,26?,27?,28-,29-,30-/m0/s1. The molecule has 16 heteroatoms. The average Bonchev–Trinajstić information content (AvgIpc) is 3.05. The lowest BCUT2D eigenvalue weighted by Crippen LogP contribution is -2.63. The summed E-state index contributed by atoms with van der Waals surface area (Å²) < 4.78 is 23.5. The number of hydrogen-bond donors (Lipinski definition) is 12. The van der Waals surface area contributed by atoms with Gasteiger partial charge in [-0.15, -0.1) is 0 Å². The molecule has 20 atom stereocenters. The maximum Gasteiger partial charge on any atom is 0.113 e. The van der Waals surface area contributed by atoms with Crippen molar-refractivity contribution in [1.82, 2.24) is 0 Å². The Balaban J connectivity index is 1.57. The van der Waals surface area contributed by atoms with E-state index in [-0.39, 0.29) is 38.9 Å². The molecule has 0 spiro atoms. The van der Waals surface area contributed by atoms with E-state index in [0.29, 0.717) is 0 Å². The molecule has 12 N–H and O–H groups in total. The molecular weight excluding hydrogens is 616 g/mol. The second-order valence-electron chi connectivity index (χ2n) is 13.7. The van der Waals surface area contributed by atoms with Gasteiger partial charge in [-0.3, -0.25) is 0 Å². The van der Waals surface area contributed by atoms with Gasteiger partial charge in [-0.05, 0) is 25.7 Å². The van der Waals surface area contributed by atoms with Gasteiger partial charge in [-0.25, -0.2) is 0 Å². The molecule has 0 radical (unpaired) electrons. The molecule has 0 heterocycles. The Hall–Kier alpha value is -0.640. The second-order valence-corrected chi connectivity index (χ2v) is 13.7. The van der Waals surface area contributed by atoms with E-state index in [1.807, 2.05) is 0 Å². The summed E-state index contributed by atoms with van der Waals surface area (Å²) in [5.74, 6) is -3.70. The molecule has 0 aliphatic heterocycles. The Morgan fingerprint density at radius 1 is 0.457 bits per heavy atom. The van der Waals surface area contributed by atoms with Gasteiger partial charge in [0.1, 0.15) is 36.6 Å². The van der Waals surface area contributed by atoms with Crippen LogP contribution in [0.2, 0.25) is 0 Å². The highest BCUT2D eigenvalue weighted by atomic mass is 16.6. The molecule has 0 amide bonds. The molecule has 16 nitrogen and oxygen atoms in total. The molecule has 8 unspecified atom stereocenters. The zero-order valence-corrected chi connectivity index (χ0v) is 26.2. The average molecular weight is 671 g/mol. The minimum atomic E-state index is -1.59. The number of ether oxygens (including phenoxy) is 4. The van der Waals surface area contributed by atoms with E-state index in [9.17, 15) is 61.3 Å². The van der Waals surface area contributed by atoms with Crippen LogP contribution in [0.5, 0.6) is 0 Å². The maximum atomic E-state index is 11.5. The highest BCUT2D eigenvalue weighted by Gasteiger charge is 2.53. The predicted molar refractivity (Wildman–Crippen MR) is 155 cm³/mol. The fourth-order valence-corrected chi connectivity index (χ4v) is 7.70. The van der Waals surface area contributed by atoms with Gasteiger partial charge in [0, 0.05) is 56.5 Å². The highest BCUT2D eigenvalue weighted by Crippen LogP contribution is 2.39. The summed E-state index contributed by atoms with van der Waals surface area (Å²) in [5.41, 5.74) is 0. The second kappa shape index (κ2) is 16.4. The lowest BCUT2D eigenvalue weighted by Gasteiger charge is -2.49. The molecule has 4 saturated carbocycles. The molecule has 0 aromatic carbocycles. The van der Waals surface area contributed by atoms with Crippen LogP contribution in [0.1, 0.15) is 32.6 Å². The number of hydrogen-bond acceptors (Lipinski definition) is 16. The smallest absolute Gasteiger partial charge is 0.113 e. The molecule has 46 heavy (non-hydrogen) atoms. The van der Waals surface area contributed by atoms with Crippen LogP contribution in [-0.2, 0) is 18.9 Å². The van der Waals surface area contributed by atoms with Crippen molar-refractivity contribution in [2.45, 2.75) is 124 Å². The molecule has 4 aliphatic rings. The van der Waals surface area contributed by atoms with Crippen molar-refractivity contribution >= 4 is 0 Å². The van der Waals surface area contributed by atoms with Gasteiger partial charge in [0.15, 0.2) is 0 Å². The molecule has 0 aromatic rings. The summed E-state index contributed by atoms with van der Waals surface area (Å²) in [6.07, 6.45) is -19.1. The third-order valence-electron chi connectivity index (χ3n) is 10.9. The van der Waals surface area contributed by atoms with E-state index in [2.05, 4.69) is 0 Å². The van der Waals surface area contributed by atoms with Crippen LogP contribution in [0.15, 0.2) is 0 Å². The predicted octanol–water partition coefficient (Wildman–Crippen LogP) is -5.17. The summed E-state index contributed by atoms with van der Waals surface area (Å²) in [4.78, 5) is 0. The highest BCUT2D eigenvalue weighted by molar-refractivity contribution is 5.01. The molecule has 4 rings (SSSR count). The third-order valence-corrected chi connectivity index (χ3v) is 10.9. The van der Waals surface area contributed by atoms with Crippen molar-refractivity contribution < 1.29 is 80.2 Å². The molecule has 0 saturated heterocycles. The number of rotatable bonds is 11. The van der Waals surface area contributed by atoms with Crippen LogP contribution in [-0.4, -0.2) is 186 Å². The number of methoxy groups -OCH3 is 1. The third kappa shape index (κ3) is 7.72. The Bertz CT molecular complexity index is 911. The van der Waals surface area contributed by atoms with Crippen molar-refractivity contribution in [2.75, 3.05) is 33.5 Å². The molecule has 270 valence electrons. The molecule has 0 bridgehead atoms. The Morgan fingerprint density at radius 2 is 0.891 bits per heavy atom. The van der Waals surface area contributed by atoms with Crippen molar-refractivity contribution in [2.24, 2.45) is 29.6 Å². The first-order valence-corrected chi connectivity index (χ1v) is 16.2. The lowest BCUT2D eigenvalue weighted by atomic mass is 9.75. The summed E-state index contributed by atoms with van der Waals surface area (Å²) >= 11 is 0. The SMILES string of the molecule is CO[C@@H]1CC(CO)[C@@H](O)[C@H](O[C@@H]2CC(CO[C@@H]3CC(CO)[C@@H](O)[C@H](O)C3O)[C@@H](O)[C@H](O[C@@H]3CC(CO)[C@@H](O)[C@H](C)C3O)C2O)C1O. The monoisotopic (exact) mass is 670 g/mol. The zero-order valence-electron chi connectivity index (χ0n) is 26.2. The van der Waals surface area contributed by atoms with E-state index in [1.165, 1.54) is 7.11 Å². The summed E-state index contributed by atoms with van der Waals surface area (Å²) in [6.45, 7) is 0.0350. The van der Waals surface area contributed by atoms with Gasteiger partial charge in [0.25, 0.3) is 0 Å². The van der Waals surface area contributed by atoms with Crippen molar-refractivity contribution in [3.05, 3.63) is 0 Å². The van der Waals surface area contributed by atoms with Gasteiger partial charge in [0.05, 0.1) is 61.5 Å². The van der Waals surface area contributed by atoms with Gasteiger partial charge in [0.2, 0.25) is 0 Å². The van der Waals surface area contributed by atoms with Crippen LogP contribution < -0.4 is 0 Å². The first-order valence-electron chi connectivity index (χ1n) is 16.2. The van der Waals surface area contributed by atoms with Crippen LogP contribution in [0.3, 0.4) is 0 Å². The van der Waals surface area contributed by atoms with E-state index in [1.54, 1.807) is 6.92 Å². The normalized spacial score (nSPS) is 52.0. The first kappa shape index (κ1) is 38.2. The fraction of sp³-hybridized carbons (Fsp3) is 1.00. The topological polar surface area (TPSA) is 280 Å². The minimum absolute atomic E-state index is 0.000364. The molecule has 0 aromatic heterocycles. The van der Waals surface area contributed by atoms with Crippen molar-refractivity contribution in [3.63, 3.8) is 0 Å². The molecular formula is C30H54O16. The van der Waals surface area contributed by atoms with Gasteiger partial charge < -0.3 is 80.2 Å². The Morgan fingerprint density at radius 3 is 1.46 bits per heavy atom. The zero-order chi connectivity index (χ0) is 34.0. The van der Waals surface area contributed by atoms with Crippen LogP contribution in [0.4, 0.5) is 0 Å². The number of aliphatic hydroxyl groups excluding tert-OH is 12. The van der Waals surface area contributed by atoms with E-state index < -0.39 is 134 Å². The van der Waals surface area contributed by atoms with Crippen LogP contribution >= 0.6 is 0 Å². The quantitative estimate of drug-likeness (QED) is 0.0979.